The lowest BCUT2D eigenvalue weighted by Crippen LogP contribution is -2.46. The molecular formula is C48H92N6O9PS+. The van der Waals surface area contributed by atoms with Crippen molar-refractivity contribution in [2.24, 2.45) is 0 Å². The van der Waals surface area contributed by atoms with Gasteiger partial charge in [0, 0.05) is 37.4 Å². The number of likely N-dealkylation sites (N-methyl/N-ethyl adjacent to an activating group) is 2. The number of fused-ring (bicyclic) bond motifs is 1. The Kier molecular flexibility index (Phi) is 31.9. The summed E-state index contributed by atoms with van der Waals surface area (Å²) in [6.07, 6.45) is 29.5. The smallest absolute Gasteiger partial charge is 0.377 e. The van der Waals surface area contributed by atoms with Gasteiger partial charge in [0.25, 0.3) is 0 Å². The molecule has 6 atom stereocenters. The monoisotopic (exact) mass is 960 g/mol. The largest absolute Gasteiger partial charge is 0.606 e. The summed E-state index contributed by atoms with van der Waals surface area (Å²) in [6, 6.07) is -0.583. The minimum absolute atomic E-state index is 0.0245. The van der Waals surface area contributed by atoms with Crippen molar-refractivity contribution in [1.82, 2.24) is 26.2 Å². The normalized spacial score (nSPS) is 19.1. The number of nitrogens with zero attached hydrogens (tertiary/aromatic N) is 2. The summed E-state index contributed by atoms with van der Waals surface area (Å²) in [5.74, 6) is 0.535. The summed E-state index contributed by atoms with van der Waals surface area (Å²) in [4.78, 5) is 73.9. The molecule has 17 heteroatoms. The highest BCUT2D eigenvalue weighted by Crippen LogP contribution is 2.47. The van der Waals surface area contributed by atoms with Crippen LogP contribution in [-0.4, -0.2) is 139 Å². The van der Waals surface area contributed by atoms with Crippen LogP contribution in [0.1, 0.15) is 174 Å². The van der Waals surface area contributed by atoms with E-state index in [1.165, 1.54) is 62.7 Å². The Bertz CT molecular complexity index is 1340. The van der Waals surface area contributed by atoms with E-state index in [-0.39, 0.29) is 55.6 Å². The summed E-state index contributed by atoms with van der Waals surface area (Å²) >= 11 is 1.88. The van der Waals surface area contributed by atoms with E-state index >= 15 is 0 Å². The first-order valence-electron chi connectivity index (χ1n) is 25.4. The predicted octanol–water partition coefficient (Wildman–Crippen LogP) is 7.06. The van der Waals surface area contributed by atoms with E-state index < -0.39 is 20.3 Å². The zero-order valence-electron chi connectivity index (χ0n) is 41.2. The number of rotatable bonds is 41. The standard InChI is InChI=1S/C48H91N6O9PS/c1-6-7-8-9-10-11-12-13-14-16-19-22-25-30-42(55)40(38-63-64(60,61)62-36-35-54(3,4)5)50-44(56)32-26-23-20-17-15-18-21-24-29-34-49-45(57)37-53(2)46(58)33-28-27-31-43-47-41(39-65-43)51-48(59)52-47/h25,30,40-43,47,55H,6-24,26-29,31-39H2,1-5H3,(H4-,49,50,51,52,56,57,59,60,61)/p+1/b30-25+/t40?,41-,42-,43+,47-/m1/s1. The highest BCUT2D eigenvalue weighted by Gasteiger charge is 2.42. The fourth-order valence-electron chi connectivity index (χ4n) is 8.13. The molecule has 0 aromatic carbocycles. The maximum Gasteiger partial charge on any atom is 0.377 e. The molecule has 2 unspecified atom stereocenters. The van der Waals surface area contributed by atoms with Gasteiger partial charge in [-0.15, -0.1) is 0 Å². The zero-order chi connectivity index (χ0) is 47.8. The van der Waals surface area contributed by atoms with Crippen LogP contribution in [0.4, 0.5) is 4.79 Å². The Morgan fingerprint density at radius 2 is 1.43 bits per heavy atom. The van der Waals surface area contributed by atoms with Crippen LogP contribution in [0.2, 0.25) is 0 Å². The van der Waals surface area contributed by atoms with E-state index in [9.17, 15) is 34.1 Å². The third kappa shape index (κ3) is 30.1. The van der Waals surface area contributed by atoms with Gasteiger partial charge in [-0.1, -0.05) is 135 Å². The highest BCUT2D eigenvalue weighted by molar-refractivity contribution is 8.00. The van der Waals surface area contributed by atoms with E-state index in [4.69, 9.17) is 9.05 Å². The second-order valence-corrected chi connectivity index (χ2v) is 22.2. The van der Waals surface area contributed by atoms with Crippen molar-refractivity contribution in [3.63, 3.8) is 0 Å². The number of thioether (sulfide) groups is 1. The Balaban J connectivity index is 1.54. The molecule has 378 valence electrons. The number of amides is 5. The number of hydrogen-bond acceptors (Lipinski definition) is 10. The summed E-state index contributed by atoms with van der Waals surface area (Å²) in [5.41, 5.74) is 0. The molecular weight excluding hydrogens is 868 g/mol. The molecule has 0 saturated carbocycles. The molecule has 0 aromatic rings. The van der Waals surface area contributed by atoms with Gasteiger partial charge in [0.1, 0.15) is 19.8 Å². The predicted molar refractivity (Wildman–Crippen MR) is 263 cm³/mol. The molecule has 15 nitrogen and oxygen atoms in total. The van der Waals surface area contributed by atoms with Crippen molar-refractivity contribution < 1.29 is 47.6 Å². The van der Waals surface area contributed by atoms with E-state index in [0.717, 1.165) is 95.6 Å². The number of hydrogen-bond donors (Lipinski definition) is 6. The van der Waals surface area contributed by atoms with Crippen LogP contribution in [0.15, 0.2) is 12.2 Å². The van der Waals surface area contributed by atoms with Gasteiger partial charge < -0.3 is 40.7 Å². The average molecular weight is 960 g/mol. The number of carbonyl (C=O) groups is 4. The Labute approximate surface area is 398 Å². The van der Waals surface area contributed by atoms with E-state index in [1.807, 2.05) is 39.0 Å². The van der Waals surface area contributed by atoms with Crippen LogP contribution < -0.4 is 26.2 Å². The molecule has 0 spiro atoms. The number of phosphoric ester groups is 1. The second kappa shape index (κ2) is 35.1. The first-order valence-corrected chi connectivity index (χ1v) is 27.9. The Hall–Kier alpha value is -2.04. The number of carbonyl (C=O) groups excluding carboxylic acids is 4. The van der Waals surface area contributed by atoms with Gasteiger partial charge in [0.05, 0.1) is 51.9 Å². The van der Waals surface area contributed by atoms with Crippen LogP contribution in [0.3, 0.4) is 0 Å². The first-order chi connectivity index (χ1) is 31.1. The third-order valence-electron chi connectivity index (χ3n) is 12.3. The number of aliphatic hydroxyl groups is 1. The molecule has 2 aliphatic rings. The highest BCUT2D eigenvalue weighted by atomic mass is 32.2. The number of quaternary nitrogens is 1. The fourth-order valence-corrected chi connectivity index (χ4v) is 10.4. The van der Waals surface area contributed by atoms with Crippen molar-refractivity contribution in [2.75, 3.05) is 66.8 Å². The molecule has 2 aliphatic heterocycles. The molecule has 6 N–H and O–H groups in total. The summed E-state index contributed by atoms with van der Waals surface area (Å²) in [5, 5.41) is 23.1. The molecule has 0 aliphatic carbocycles. The molecule has 2 fully saturated rings. The summed E-state index contributed by atoms with van der Waals surface area (Å²) in [7, 11) is 3.15. The van der Waals surface area contributed by atoms with Gasteiger partial charge in [-0.3, -0.25) is 14.4 Å². The minimum atomic E-state index is -4.38. The van der Waals surface area contributed by atoms with Crippen molar-refractivity contribution in [3.05, 3.63) is 12.2 Å². The van der Waals surface area contributed by atoms with Crippen molar-refractivity contribution in [2.45, 2.75) is 203 Å². The van der Waals surface area contributed by atoms with Gasteiger partial charge in [-0.2, -0.15) is 25.7 Å². The Morgan fingerprint density at radius 1 is 0.846 bits per heavy atom. The molecule has 0 aromatic heterocycles. The number of phosphoric acid groups is 1. The zero-order valence-corrected chi connectivity index (χ0v) is 42.9. The van der Waals surface area contributed by atoms with Crippen molar-refractivity contribution in [1.29, 1.82) is 0 Å². The van der Waals surface area contributed by atoms with E-state index in [2.05, 4.69) is 28.2 Å². The van der Waals surface area contributed by atoms with Crippen LogP contribution in [-0.2, 0) is 23.4 Å². The number of allylic oxidation sites excluding steroid dienone is 1. The van der Waals surface area contributed by atoms with Crippen LogP contribution in [0.5, 0.6) is 0 Å². The van der Waals surface area contributed by atoms with Crippen LogP contribution in [0.25, 0.3) is 0 Å². The molecule has 2 saturated heterocycles. The fraction of sp³-hybridized carbons (Fsp3) is 0.875. The van der Waals surface area contributed by atoms with Crippen LogP contribution >= 0.6 is 19.9 Å². The summed E-state index contributed by atoms with van der Waals surface area (Å²) in [6.45, 7) is 3.09. The second-order valence-electron chi connectivity index (χ2n) is 19.4. The maximum absolute atomic E-state index is 12.9. The maximum atomic E-state index is 12.9. The molecule has 5 amide bonds. The number of unbranched alkanes of at least 4 members (excludes halogenated alkanes) is 20. The molecule has 2 rings (SSSR count). The van der Waals surface area contributed by atoms with Crippen molar-refractivity contribution in [3.8, 4) is 0 Å². The average Bonchev–Trinajstić information content (AvgIpc) is 3.81. The third-order valence-corrected chi connectivity index (χ3v) is 14.8. The first kappa shape index (κ1) is 59.1. The molecule has 2 heterocycles. The molecule has 0 bridgehead atoms. The van der Waals surface area contributed by atoms with Crippen molar-refractivity contribution >= 4 is 43.7 Å². The van der Waals surface area contributed by atoms with Gasteiger partial charge in [0.15, 0.2) is 0 Å². The number of urea groups is 1. The van der Waals surface area contributed by atoms with Gasteiger partial charge >= 0.3 is 14.2 Å². The lowest BCUT2D eigenvalue weighted by Gasteiger charge is -2.27. The topological polar surface area (TPSA) is 202 Å². The molecule has 0 radical (unpaired) electrons. The van der Waals surface area contributed by atoms with Gasteiger partial charge in [-0.05, 0) is 38.5 Å². The van der Waals surface area contributed by atoms with E-state index in [1.54, 1.807) is 13.1 Å². The lowest BCUT2D eigenvalue weighted by molar-refractivity contribution is -0.870. The summed E-state index contributed by atoms with van der Waals surface area (Å²) < 4.78 is 11.0. The Morgan fingerprint density at radius 3 is 2.06 bits per heavy atom. The van der Waals surface area contributed by atoms with Gasteiger partial charge in [0.2, 0.25) is 17.7 Å². The van der Waals surface area contributed by atoms with E-state index in [0.29, 0.717) is 42.1 Å². The van der Waals surface area contributed by atoms with Crippen LogP contribution in [0, 0.1) is 0 Å². The SMILES string of the molecule is CCCCCCCCCCCCC/C=C/[C@@H](O)C(CO[P+]([O-])(O)OCC[N+](C)(C)C)NC(=O)CCCCCCCCCCCNC(=O)CN(C)C(=O)CCCC[C@@H]1SC[C@H]2NC(=O)N[C@@H]12. The number of aliphatic hydroxyl groups excluding tert-OH is 1. The quantitative estimate of drug-likeness (QED) is 0.0121. The lowest BCUT2D eigenvalue weighted by atomic mass is 10.0. The molecule has 65 heavy (non-hydrogen) atoms. The van der Waals surface area contributed by atoms with Gasteiger partial charge in [-0.25, -0.2) is 4.79 Å². The minimum Gasteiger partial charge on any atom is -0.606 e. The number of nitrogens with one attached hydrogen (secondary N) is 4.